The second kappa shape index (κ2) is 4.86. The van der Waals surface area contributed by atoms with Gasteiger partial charge in [0.2, 0.25) is 5.91 Å². The van der Waals surface area contributed by atoms with Crippen LogP contribution in [0.15, 0.2) is 48.8 Å². The first-order chi connectivity index (χ1) is 7.74. The third kappa shape index (κ3) is 2.87. The molecule has 1 aromatic carbocycles. The monoisotopic (exact) mass is 234 g/mol. The van der Waals surface area contributed by atoms with Gasteiger partial charge in [0.25, 0.3) is 0 Å². The van der Waals surface area contributed by atoms with Crippen LogP contribution in [0, 0.1) is 0 Å². The Hall–Kier alpha value is -1.74. The number of aromatic nitrogens is 1. The molecule has 1 N–H and O–H groups in total. The number of carbonyl (C=O) groups excluding carboxylic acids is 1. The van der Waals surface area contributed by atoms with Gasteiger partial charge in [0.15, 0.2) is 0 Å². The van der Waals surface area contributed by atoms with E-state index in [-0.39, 0.29) is 5.91 Å². The molecule has 0 saturated carbocycles. The fourth-order valence-corrected chi connectivity index (χ4v) is 1.60. The average molecular weight is 235 g/mol. The lowest BCUT2D eigenvalue weighted by molar-refractivity contribution is -0.116. The van der Waals surface area contributed by atoms with Crippen LogP contribution in [0.2, 0.25) is 5.02 Å². The minimum absolute atomic E-state index is 0.0709. The van der Waals surface area contributed by atoms with E-state index in [9.17, 15) is 4.79 Å². The molecule has 3 nitrogen and oxygen atoms in total. The third-order valence-electron chi connectivity index (χ3n) is 2.10. The molecule has 1 aromatic heterocycles. The van der Waals surface area contributed by atoms with Crippen LogP contribution in [-0.2, 0) is 11.3 Å². The third-order valence-corrected chi connectivity index (χ3v) is 2.34. The van der Waals surface area contributed by atoms with Crippen LogP contribution >= 0.6 is 11.6 Å². The van der Waals surface area contributed by atoms with E-state index in [4.69, 9.17) is 11.6 Å². The maximum absolute atomic E-state index is 11.6. The van der Waals surface area contributed by atoms with Gasteiger partial charge in [-0.05, 0) is 30.3 Å². The number of carbonyl (C=O) groups is 1. The summed E-state index contributed by atoms with van der Waals surface area (Å²) in [4.78, 5) is 11.6. The Balaban J connectivity index is 1.97. The Labute approximate surface area is 98.7 Å². The first-order valence-electron chi connectivity index (χ1n) is 4.90. The van der Waals surface area contributed by atoms with Gasteiger partial charge in [-0.25, -0.2) is 0 Å². The molecule has 0 saturated heterocycles. The average Bonchev–Trinajstić information content (AvgIpc) is 2.70. The number of hydrogen-bond donors (Lipinski definition) is 1. The van der Waals surface area contributed by atoms with Crippen LogP contribution in [0.25, 0.3) is 0 Å². The van der Waals surface area contributed by atoms with Gasteiger partial charge in [-0.15, -0.1) is 0 Å². The van der Waals surface area contributed by atoms with Gasteiger partial charge in [-0.2, -0.15) is 0 Å². The number of hydrogen-bond acceptors (Lipinski definition) is 1. The van der Waals surface area contributed by atoms with Crippen LogP contribution in [-0.4, -0.2) is 10.5 Å². The Morgan fingerprint density at radius 1 is 1.25 bits per heavy atom. The van der Waals surface area contributed by atoms with Crippen LogP contribution in [0.5, 0.6) is 0 Å². The molecule has 16 heavy (non-hydrogen) atoms. The van der Waals surface area contributed by atoms with Crippen LogP contribution in [0.1, 0.15) is 0 Å². The minimum Gasteiger partial charge on any atom is -0.345 e. The maximum atomic E-state index is 11.6. The van der Waals surface area contributed by atoms with E-state index in [0.29, 0.717) is 17.3 Å². The maximum Gasteiger partial charge on any atom is 0.244 e. The molecule has 0 spiro atoms. The topological polar surface area (TPSA) is 34.0 Å². The van der Waals surface area contributed by atoms with Gasteiger partial charge in [-0.1, -0.05) is 17.7 Å². The second-order valence-corrected chi connectivity index (χ2v) is 3.85. The lowest BCUT2D eigenvalue weighted by Gasteiger charge is -2.06. The van der Waals surface area contributed by atoms with E-state index in [1.165, 1.54) is 0 Å². The van der Waals surface area contributed by atoms with E-state index in [1.807, 2.05) is 24.5 Å². The number of amides is 1. The molecule has 0 aliphatic carbocycles. The largest absolute Gasteiger partial charge is 0.345 e. The van der Waals surface area contributed by atoms with Crippen molar-refractivity contribution < 1.29 is 4.79 Å². The Bertz CT molecular complexity index is 480. The van der Waals surface area contributed by atoms with Crippen molar-refractivity contribution in [3.05, 3.63) is 53.8 Å². The molecule has 0 bridgehead atoms. The van der Waals surface area contributed by atoms with Gasteiger partial charge >= 0.3 is 0 Å². The molecule has 0 atom stereocenters. The highest BCUT2D eigenvalue weighted by Crippen LogP contribution is 2.14. The van der Waals surface area contributed by atoms with E-state index in [2.05, 4.69) is 5.32 Å². The zero-order chi connectivity index (χ0) is 11.4. The first-order valence-corrected chi connectivity index (χ1v) is 5.28. The summed E-state index contributed by atoms with van der Waals surface area (Å²) in [6.45, 7) is 0.305. The zero-order valence-electron chi connectivity index (χ0n) is 8.56. The summed E-state index contributed by atoms with van der Waals surface area (Å²) in [5.41, 5.74) is 0.713. The first kappa shape index (κ1) is 10.8. The second-order valence-electron chi connectivity index (χ2n) is 3.41. The predicted octanol–water partition coefficient (Wildman–Crippen LogP) is 2.78. The Morgan fingerprint density at radius 3 is 2.69 bits per heavy atom. The van der Waals surface area contributed by atoms with Crippen LogP contribution in [0.4, 0.5) is 5.69 Å². The van der Waals surface area contributed by atoms with Crippen molar-refractivity contribution in [2.24, 2.45) is 0 Å². The van der Waals surface area contributed by atoms with Crippen molar-refractivity contribution in [1.82, 2.24) is 4.57 Å². The lowest BCUT2D eigenvalue weighted by Crippen LogP contribution is -2.17. The van der Waals surface area contributed by atoms with Crippen molar-refractivity contribution in [2.75, 3.05) is 5.32 Å². The fraction of sp³-hybridized carbons (Fsp3) is 0.0833. The Kier molecular flexibility index (Phi) is 3.27. The molecular weight excluding hydrogens is 224 g/mol. The number of benzene rings is 1. The Morgan fingerprint density at radius 2 is 2.00 bits per heavy atom. The number of anilines is 1. The van der Waals surface area contributed by atoms with E-state index >= 15 is 0 Å². The molecule has 82 valence electrons. The standard InChI is InChI=1S/C12H11ClN2O/c13-10-4-3-5-11(8-10)14-12(16)9-15-6-1-2-7-15/h1-8H,9H2,(H,14,16). The molecule has 0 aliphatic rings. The summed E-state index contributed by atoms with van der Waals surface area (Å²) < 4.78 is 1.81. The lowest BCUT2D eigenvalue weighted by atomic mass is 10.3. The molecule has 2 rings (SSSR count). The molecule has 1 amide bonds. The number of nitrogens with zero attached hydrogens (tertiary/aromatic N) is 1. The summed E-state index contributed by atoms with van der Waals surface area (Å²) in [6, 6.07) is 10.9. The zero-order valence-corrected chi connectivity index (χ0v) is 9.32. The molecule has 0 unspecified atom stereocenters. The van der Waals surface area contributed by atoms with E-state index < -0.39 is 0 Å². The molecule has 4 heteroatoms. The summed E-state index contributed by atoms with van der Waals surface area (Å²) in [5, 5.41) is 3.39. The molecule has 2 aromatic rings. The predicted molar refractivity (Wildman–Crippen MR) is 64.5 cm³/mol. The highest BCUT2D eigenvalue weighted by Gasteiger charge is 2.02. The number of halogens is 1. The van der Waals surface area contributed by atoms with Crippen LogP contribution < -0.4 is 5.32 Å². The van der Waals surface area contributed by atoms with E-state index in [1.54, 1.807) is 28.8 Å². The SMILES string of the molecule is O=C(Cn1cccc1)Nc1cccc(Cl)c1. The van der Waals surface area contributed by atoms with E-state index in [0.717, 1.165) is 0 Å². The normalized spacial score (nSPS) is 10.1. The highest BCUT2D eigenvalue weighted by atomic mass is 35.5. The van der Waals surface area contributed by atoms with Crippen molar-refractivity contribution in [2.45, 2.75) is 6.54 Å². The summed E-state index contributed by atoms with van der Waals surface area (Å²) in [6.07, 6.45) is 3.69. The molecule has 1 heterocycles. The molecule has 0 radical (unpaired) electrons. The molecular formula is C12H11ClN2O. The van der Waals surface area contributed by atoms with Gasteiger partial charge in [0.05, 0.1) is 0 Å². The van der Waals surface area contributed by atoms with Gasteiger partial charge in [0.1, 0.15) is 6.54 Å². The van der Waals surface area contributed by atoms with Crippen molar-refractivity contribution in [3.8, 4) is 0 Å². The number of rotatable bonds is 3. The number of nitrogens with one attached hydrogen (secondary N) is 1. The minimum atomic E-state index is -0.0709. The van der Waals surface area contributed by atoms with Gasteiger partial charge in [-0.3, -0.25) is 4.79 Å². The fourth-order valence-electron chi connectivity index (χ4n) is 1.41. The summed E-state index contributed by atoms with van der Waals surface area (Å²) in [5.74, 6) is -0.0709. The van der Waals surface area contributed by atoms with Gasteiger partial charge < -0.3 is 9.88 Å². The summed E-state index contributed by atoms with van der Waals surface area (Å²) >= 11 is 5.81. The van der Waals surface area contributed by atoms with Crippen molar-refractivity contribution in [3.63, 3.8) is 0 Å². The van der Waals surface area contributed by atoms with Crippen molar-refractivity contribution in [1.29, 1.82) is 0 Å². The highest BCUT2D eigenvalue weighted by molar-refractivity contribution is 6.30. The van der Waals surface area contributed by atoms with Gasteiger partial charge in [0, 0.05) is 23.1 Å². The molecule has 0 fully saturated rings. The summed E-state index contributed by atoms with van der Waals surface area (Å²) in [7, 11) is 0. The van der Waals surface area contributed by atoms with Crippen molar-refractivity contribution >= 4 is 23.2 Å². The van der Waals surface area contributed by atoms with Crippen LogP contribution in [0.3, 0.4) is 0 Å². The smallest absolute Gasteiger partial charge is 0.244 e. The quantitative estimate of drug-likeness (QED) is 0.871. The molecule has 0 aliphatic heterocycles.